The van der Waals surface area contributed by atoms with Crippen LogP contribution in [0.2, 0.25) is 0 Å². The van der Waals surface area contributed by atoms with E-state index in [0.29, 0.717) is 56.3 Å². The molecule has 0 saturated heterocycles. The van der Waals surface area contributed by atoms with Crippen LogP contribution in [0, 0.1) is 45.1 Å². The van der Waals surface area contributed by atoms with Crippen molar-refractivity contribution in [3.63, 3.8) is 0 Å². The van der Waals surface area contributed by atoms with Crippen molar-refractivity contribution in [2.75, 3.05) is 18.4 Å². The molecule has 6 aliphatic rings. The van der Waals surface area contributed by atoms with Crippen molar-refractivity contribution >= 4 is 28.8 Å². The lowest BCUT2D eigenvalue weighted by Gasteiger charge is -2.71. The Morgan fingerprint density at radius 3 is 2.41 bits per heavy atom. The lowest BCUT2D eigenvalue weighted by atomic mass is 9.32. The van der Waals surface area contributed by atoms with Crippen molar-refractivity contribution in [1.29, 1.82) is 0 Å². The minimum absolute atomic E-state index is 0.0495. The molecule has 2 amide bonds. The number of benzene rings is 2. The molecule has 0 aliphatic heterocycles. The van der Waals surface area contributed by atoms with Crippen molar-refractivity contribution in [2.24, 2.45) is 33.5 Å². The molecule has 9 heteroatoms. The molecule has 3 saturated carbocycles. The Bertz CT molecular complexity index is 1920. The number of hydrogen-bond donors (Lipinski definition) is 3. The lowest BCUT2D eigenvalue weighted by Crippen LogP contribution is -2.67. The van der Waals surface area contributed by atoms with Crippen molar-refractivity contribution < 1.29 is 28.6 Å². The van der Waals surface area contributed by atoms with Gasteiger partial charge in [-0.2, -0.15) is 0 Å². The average Bonchev–Trinajstić information content (AvgIpc) is 3.73. The monoisotopic (exact) mass is 712 g/mol. The number of amides is 2. The number of aliphatic hydroxyl groups excluding tert-OH is 1. The maximum Gasteiger partial charge on any atom is 0.321 e. The molecule has 2 spiro atoms. The first-order chi connectivity index (χ1) is 24.3. The zero-order valence-corrected chi connectivity index (χ0v) is 30.0. The maximum absolute atomic E-state index is 14.7. The highest BCUT2D eigenvalue weighted by molar-refractivity contribution is 7.09. The molecular weight excluding hydrogens is 667 g/mol. The molecule has 3 aromatic rings. The molecule has 0 radical (unpaired) electrons. The minimum atomic E-state index is -1.25. The molecule has 6 aliphatic carbocycles. The summed E-state index contributed by atoms with van der Waals surface area (Å²) in [6, 6.07) is 16.5. The number of Topliss-reactive ketones (excluding diaryl/α,β-unsaturated/α-hetero) is 1. The fraction of sp³-hybridized carbons (Fsp3) is 0.476. The standard InChI is InChI=1S/C42H46F2N2O4S/c1-38-16-12-29(47)24-40(38)19-20-42(31(25-40)36(48)27-10-11-32(43)33(44)23-27)34(38)13-17-39(2)35(42)14-18-41(39,50)26-46(21-15-30-9-6-22-51-30)37(49)45-28-7-4-3-5-8-28/h3-11,19-20,22-23,25,29,34-35,47,50H,12-18,21,24,26H2,1-2H3,(H,45,49)/t29?,34-,35-,38-,39+,40+,41-,42-/m1/s1. The third kappa shape index (κ3) is 5.12. The Morgan fingerprint density at radius 2 is 1.67 bits per heavy atom. The van der Waals surface area contributed by atoms with E-state index < -0.39 is 39.6 Å². The predicted molar refractivity (Wildman–Crippen MR) is 194 cm³/mol. The van der Waals surface area contributed by atoms with Crippen LogP contribution >= 0.6 is 11.3 Å². The van der Waals surface area contributed by atoms with Crippen molar-refractivity contribution in [3.8, 4) is 0 Å². The fourth-order valence-corrected chi connectivity index (χ4v) is 12.1. The first-order valence-corrected chi connectivity index (χ1v) is 19.2. The molecule has 9 rings (SSSR count). The van der Waals surface area contributed by atoms with Gasteiger partial charge in [-0.25, -0.2) is 13.6 Å². The number of para-hydroxylation sites is 1. The molecule has 268 valence electrons. The number of anilines is 1. The zero-order chi connectivity index (χ0) is 35.8. The van der Waals surface area contributed by atoms with Gasteiger partial charge in [0.05, 0.1) is 18.2 Å². The van der Waals surface area contributed by atoms with E-state index in [9.17, 15) is 28.6 Å². The summed E-state index contributed by atoms with van der Waals surface area (Å²) in [4.78, 5) is 31.5. The number of hydrogen-bond acceptors (Lipinski definition) is 5. The third-order valence-electron chi connectivity index (χ3n) is 14.1. The number of nitrogens with one attached hydrogen (secondary N) is 1. The van der Waals surface area contributed by atoms with Crippen LogP contribution in [0.5, 0.6) is 0 Å². The number of nitrogens with zero attached hydrogens (tertiary/aromatic N) is 1. The van der Waals surface area contributed by atoms with Crippen LogP contribution in [0.3, 0.4) is 0 Å². The van der Waals surface area contributed by atoms with Crippen molar-refractivity contribution in [1.82, 2.24) is 4.90 Å². The van der Waals surface area contributed by atoms with Crippen molar-refractivity contribution in [2.45, 2.75) is 76.9 Å². The Kier molecular flexibility index (Phi) is 8.24. The quantitative estimate of drug-likeness (QED) is 0.161. The molecule has 1 heterocycles. The van der Waals surface area contributed by atoms with E-state index in [1.54, 1.807) is 16.2 Å². The number of halogens is 2. The molecule has 8 atom stereocenters. The number of aliphatic hydroxyl groups is 2. The van der Waals surface area contributed by atoms with Gasteiger partial charge in [-0.1, -0.05) is 56.3 Å². The largest absolute Gasteiger partial charge is 0.393 e. The van der Waals surface area contributed by atoms with Gasteiger partial charge in [0.1, 0.15) is 0 Å². The summed E-state index contributed by atoms with van der Waals surface area (Å²) in [6.45, 7) is 5.01. The van der Waals surface area contributed by atoms with Crippen molar-refractivity contribution in [3.05, 3.63) is 112 Å². The Hall–Kier alpha value is -3.66. The smallest absolute Gasteiger partial charge is 0.321 e. The first-order valence-electron chi connectivity index (χ1n) is 18.3. The topological polar surface area (TPSA) is 89.9 Å². The summed E-state index contributed by atoms with van der Waals surface area (Å²) >= 11 is 1.64. The number of rotatable bonds is 8. The van der Waals surface area contributed by atoms with Gasteiger partial charge < -0.3 is 20.4 Å². The van der Waals surface area contributed by atoms with E-state index >= 15 is 0 Å². The molecule has 2 bridgehead atoms. The number of carbonyl (C=O) groups excluding carboxylic acids is 2. The highest BCUT2D eigenvalue weighted by atomic mass is 32.1. The molecule has 2 aromatic carbocycles. The summed E-state index contributed by atoms with van der Waals surface area (Å²) in [7, 11) is 0. The van der Waals surface area contributed by atoms with Gasteiger partial charge in [0.15, 0.2) is 17.4 Å². The Morgan fingerprint density at radius 1 is 0.922 bits per heavy atom. The highest BCUT2D eigenvalue weighted by Crippen LogP contribution is 2.78. The van der Waals surface area contributed by atoms with Gasteiger partial charge in [-0.05, 0) is 110 Å². The second-order valence-electron chi connectivity index (χ2n) is 16.3. The Labute approximate surface area is 302 Å². The Balaban J connectivity index is 1.18. The van der Waals surface area contributed by atoms with Crippen LogP contribution in [0.4, 0.5) is 19.3 Å². The zero-order valence-electron chi connectivity index (χ0n) is 29.2. The average molecular weight is 713 g/mol. The summed E-state index contributed by atoms with van der Waals surface area (Å²) in [6.07, 6.45) is 11.2. The summed E-state index contributed by atoms with van der Waals surface area (Å²) in [5, 5.41) is 29.0. The third-order valence-corrected chi connectivity index (χ3v) is 15.0. The van der Waals surface area contributed by atoms with Crippen LogP contribution in [0.25, 0.3) is 0 Å². The van der Waals surface area contributed by atoms with Gasteiger partial charge >= 0.3 is 6.03 Å². The normalized spacial score (nSPS) is 36.1. The number of fused-ring (bicyclic) bond motifs is 1. The van der Waals surface area contributed by atoms with E-state index in [1.807, 2.05) is 41.8 Å². The second kappa shape index (κ2) is 12.2. The molecule has 1 unspecified atom stereocenters. The van der Waals surface area contributed by atoms with Crippen LogP contribution in [0.15, 0.2) is 89.8 Å². The number of carbonyl (C=O) groups is 2. The first kappa shape index (κ1) is 34.4. The van der Waals surface area contributed by atoms with Gasteiger partial charge in [-0.3, -0.25) is 4.79 Å². The number of allylic oxidation sites excluding steroid dienone is 4. The van der Waals surface area contributed by atoms with Gasteiger partial charge in [0.25, 0.3) is 0 Å². The van der Waals surface area contributed by atoms with Gasteiger partial charge in [0, 0.05) is 44.5 Å². The molecule has 3 fully saturated rings. The van der Waals surface area contributed by atoms with E-state index in [0.717, 1.165) is 29.9 Å². The van der Waals surface area contributed by atoms with Gasteiger partial charge in [-0.15, -0.1) is 11.3 Å². The van der Waals surface area contributed by atoms with Crippen LogP contribution in [-0.2, 0) is 6.42 Å². The van der Waals surface area contributed by atoms with Crippen LogP contribution < -0.4 is 5.32 Å². The van der Waals surface area contributed by atoms with Gasteiger partial charge in [0.2, 0.25) is 0 Å². The minimum Gasteiger partial charge on any atom is -0.393 e. The molecular formula is C42H46F2N2O4S. The lowest BCUT2D eigenvalue weighted by molar-refractivity contribution is -0.174. The number of thiophene rings is 1. The summed E-state index contributed by atoms with van der Waals surface area (Å²) in [5.41, 5.74) is -2.10. The van der Waals surface area contributed by atoms with Crippen LogP contribution in [-0.4, -0.2) is 51.7 Å². The van der Waals surface area contributed by atoms with E-state index in [-0.39, 0.29) is 41.2 Å². The number of urea groups is 1. The highest BCUT2D eigenvalue weighted by Gasteiger charge is 2.74. The predicted octanol–water partition coefficient (Wildman–Crippen LogP) is 8.58. The van der Waals surface area contributed by atoms with E-state index in [1.165, 1.54) is 6.07 Å². The SMILES string of the molecule is C[C@]12CC[C@H]3[C@]4(C=C[C@@]5(C=C4C(=O)c4ccc(F)c(F)c4)CC(O)CC[C@]35C)[C@@H]1CC[C@@]2(O)CN(CCc1cccs1)C(=O)Nc1ccccc1. The molecule has 3 N–H and O–H groups in total. The summed E-state index contributed by atoms with van der Waals surface area (Å²) in [5.74, 6) is -2.50. The number of ketones is 1. The fourth-order valence-electron chi connectivity index (χ4n) is 11.4. The molecule has 6 nitrogen and oxygen atoms in total. The molecule has 51 heavy (non-hydrogen) atoms. The molecule has 1 aromatic heterocycles. The summed E-state index contributed by atoms with van der Waals surface area (Å²) < 4.78 is 28.7. The van der Waals surface area contributed by atoms with E-state index in [2.05, 4.69) is 43.5 Å². The van der Waals surface area contributed by atoms with E-state index in [4.69, 9.17) is 0 Å². The second-order valence-corrected chi connectivity index (χ2v) is 17.3. The maximum atomic E-state index is 14.7. The van der Waals surface area contributed by atoms with Crippen LogP contribution in [0.1, 0.15) is 74.0 Å².